The van der Waals surface area contributed by atoms with Gasteiger partial charge in [0.05, 0.1) is 23.7 Å². The fourth-order valence-electron chi connectivity index (χ4n) is 4.25. The number of ether oxygens (including phenoxy) is 1. The number of rotatable bonds is 6. The van der Waals surface area contributed by atoms with Gasteiger partial charge in [0.2, 0.25) is 0 Å². The summed E-state index contributed by atoms with van der Waals surface area (Å²) in [6.07, 6.45) is 3.32. The van der Waals surface area contributed by atoms with E-state index >= 15 is 0 Å². The Hall–Kier alpha value is -2.32. The van der Waals surface area contributed by atoms with E-state index in [1.54, 1.807) is 0 Å². The first-order valence-electron chi connectivity index (χ1n) is 12.2. The van der Waals surface area contributed by atoms with E-state index < -0.39 is 0 Å². The molecule has 1 aliphatic carbocycles. The predicted octanol–water partition coefficient (Wildman–Crippen LogP) is 5.42. The number of nitrogens with one attached hydrogen (secondary N) is 2. The molecule has 1 aliphatic heterocycles. The van der Waals surface area contributed by atoms with Crippen LogP contribution in [0.3, 0.4) is 0 Å². The minimum atomic E-state index is -0.182. The van der Waals surface area contributed by atoms with E-state index in [2.05, 4.69) is 56.2 Å². The fourth-order valence-corrected chi connectivity index (χ4v) is 5.99. The van der Waals surface area contributed by atoms with Crippen LogP contribution in [0.2, 0.25) is 0 Å². The molecule has 2 heterocycles. The average molecular weight is 484 g/mol. The third-order valence-corrected chi connectivity index (χ3v) is 7.40. The molecule has 1 saturated carbocycles. The van der Waals surface area contributed by atoms with E-state index in [1.165, 1.54) is 6.42 Å². The standard InChI is InChI=1S/C26H37N5O2S/c1-25(2,3)34-26(4,5)21-17-22(31-13-15-33-16-14-31)30-23(29-21)18-9-11-20(12-10-18)28-24(32)27-19-7-6-8-19/h9-12,17,19H,6-8,13-16H2,1-5H3,(H2,27,28,32). The second kappa shape index (κ2) is 10.1. The number of hydrogen-bond donors (Lipinski definition) is 2. The minimum Gasteiger partial charge on any atom is -0.378 e. The summed E-state index contributed by atoms with van der Waals surface area (Å²) in [5.74, 6) is 1.64. The highest BCUT2D eigenvalue weighted by Crippen LogP contribution is 2.43. The summed E-state index contributed by atoms with van der Waals surface area (Å²) < 4.78 is 5.47. The van der Waals surface area contributed by atoms with Crippen molar-refractivity contribution in [1.82, 2.24) is 15.3 Å². The van der Waals surface area contributed by atoms with Crippen LogP contribution in [-0.2, 0) is 9.48 Å². The van der Waals surface area contributed by atoms with Crippen molar-refractivity contribution in [2.75, 3.05) is 36.5 Å². The molecule has 1 aromatic heterocycles. The second-order valence-electron chi connectivity index (χ2n) is 10.6. The zero-order chi connectivity index (χ0) is 24.3. The molecule has 0 unspecified atom stereocenters. The Bertz CT molecular complexity index is 993. The smallest absolute Gasteiger partial charge is 0.319 e. The Kier molecular flexibility index (Phi) is 7.38. The van der Waals surface area contributed by atoms with Gasteiger partial charge in [0.1, 0.15) is 5.82 Å². The van der Waals surface area contributed by atoms with Crippen LogP contribution in [0.1, 0.15) is 59.6 Å². The lowest BCUT2D eigenvalue weighted by atomic mass is 9.93. The molecule has 8 heteroatoms. The average Bonchev–Trinajstić information content (AvgIpc) is 2.75. The molecule has 2 N–H and O–H groups in total. The first-order chi connectivity index (χ1) is 16.1. The molecule has 0 spiro atoms. The Morgan fingerprint density at radius 3 is 2.32 bits per heavy atom. The normalized spacial score (nSPS) is 17.3. The van der Waals surface area contributed by atoms with Gasteiger partial charge in [0, 0.05) is 41.2 Å². The Balaban J connectivity index is 1.59. The number of amides is 2. The van der Waals surface area contributed by atoms with Gasteiger partial charge in [-0.3, -0.25) is 0 Å². The molecule has 2 aromatic rings. The van der Waals surface area contributed by atoms with Crippen molar-refractivity contribution >= 4 is 29.3 Å². The van der Waals surface area contributed by atoms with Crippen LogP contribution in [-0.4, -0.2) is 53.1 Å². The largest absolute Gasteiger partial charge is 0.378 e. The second-order valence-corrected chi connectivity index (χ2v) is 13.0. The Morgan fingerprint density at radius 1 is 1.06 bits per heavy atom. The molecular weight excluding hydrogens is 446 g/mol. The highest BCUT2D eigenvalue weighted by molar-refractivity contribution is 8.01. The molecule has 1 saturated heterocycles. The van der Waals surface area contributed by atoms with Gasteiger partial charge in [-0.1, -0.05) is 20.8 Å². The van der Waals surface area contributed by atoms with Gasteiger partial charge in [0.15, 0.2) is 5.82 Å². The monoisotopic (exact) mass is 483 g/mol. The Labute approximate surface area is 207 Å². The fraction of sp³-hybridized carbons (Fsp3) is 0.577. The summed E-state index contributed by atoms with van der Waals surface area (Å²) in [5, 5.41) is 5.93. The van der Waals surface area contributed by atoms with Crippen molar-refractivity contribution in [3.8, 4) is 11.4 Å². The number of hydrogen-bond acceptors (Lipinski definition) is 6. The van der Waals surface area contributed by atoms with Crippen LogP contribution < -0.4 is 15.5 Å². The maximum Gasteiger partial charge on any atom is 0.319 e. The summed E-state index contributed by atoms with van der Waals surface area (Å²) in [7, 11) is 0. The molecule has 2 fully saturated rings. The number of urea groups is 1. The van der Waals surface area contributed by atoms with Crippen LogP contribution in [0, 0.1) is 0 Å². The predicted molar refractivity (Wildman–Crippen MR) is 141 cm³/mol. The van der Waals surface area contributed by atoms with Crippen molar-refractivity contribution in [3.05, 3.63) is 36.0 Å². The SMILES string of the molecule is CC(C)(C)SC(C)(C)c1cc(N2CCOCC2)nc(-c2ccc(NC(=O)NC3CCC3)cc2)n1. The van der Waals surface area contributed by atoms with Crippen molar-refractivity contribution < 1.29 is 9.53 Å². The van der Waals surface area contributed by atoms with E-state index in [0.717, 1.165) is 48.7 Å². The number of benzene rings is 1. The van der Waals surface area contributed by atoms with Crippen molar-refractivity contribution in [1.29, 1.82) is 0 Å². The third kappa shape index (κ3) is 6.42. The van der Waals surface area contributed by atoms with E-state index in [-0.39, 0.29) is 15.5 Å². The highest BCUT2D eigenvalue weighted by atomic mass is 32.2. The summed E-state index contributed by atoms with van der Waals surface area (Å²) in [5.41, 5.74) is 2.70. The van der Waals surface area contributed by atoms with E-state index in [1.807, 2.05) is 36.0 Å². The first-order valence-corrected chi connectivity index (χ1v) is 13.0. The maximum atomic E-state index is 12.2. The zero-order valence-electron chi connectivity index (χ0n) is 21.0. The quantitative estimate of drug-likeness (QED) is 0.571. The molecular formula is C26H37N5O2S. The van der Waals surface area contributed by atoms with Crippen molar-refractivity contribution in [3.63, 3.8) is 0 Å². The summed E-state index contributed by atoms with van der Waals surface area (Å²) in [6, 6.07) is 10.1. The number of morpholine rings is 1. The number of carbonyl (C=O) groups excluding carboxylic acids is 1. The number of aromatic nitrogens is 2. The summed E-state index contributed by atoms with van der Waals surface area (Å²) in [6.45, 7) is 14.2. The number of anilines is 2. The topological polar surface area (TPSA) is 79.4 Å². The number of carbonyl (C=O) groups is 1. The third-order valence-electron chi connectivity index (χ3n) is 6.07. The van der Waals surface area contributed by atoms with Gasteiger partial charge in [-0.15, -0.1) is 11.8 Å². The molecule has 4 rings (SSSR count). The number of nitrogens with zero attached hydrogens (tertiary/aromatic N) is 3. The lowest BCUT2D eigenvalue weighted by Gasteiger charge is -2.33. The van der Waals surface area contributed by atoms with Gasteiger partial charge >= 0.3 is 6.03 Å². The van der Waals surface area contributed by atoms with Crippen LogP contribution in [0.4, 0.5) is 16.3 Å². The highest BCUT2D eigenvalue weighted by Gasteiger charge is 2.31. The van der Waals surface area contributed by atoms with Crippen LogP contribution >= 0.6 is 11.8 Å². The number of thioether (sulfide) groups is 1. The zero-order valence-corrected chi connectivity index (χ0v) is 21.8. The lowest BCUT2D eigenvalue weighted by molar-refractivity contribution is 0.122. The minimum absolute atomic E-state index is 0.0983. The van der Waals surface area contributed by atoms with Gasteiger partial charge in [-0.25, -0.2) is 14.8 Å². The van der Waals surface area contributed by atoms with E-state index in [9.17, 15) is 4.79 Å². The molecule has 2 amide bonds. The first kappa shape index (κ1) is 24.8. The lowest BCUT2D eigenvalue weighted by Crippen LogP contribution is -2.41. The molecule has 184 valence electrons. The van der Waals surface area contributed by atoms with Crippen molar-refractivity contribution in [2.24, 2.45) is 0 Å². The van der Waals surface area contributed by atoms with Gasteiger partial charge in [0.25, 0.3) is 0 Å². The van der Waals surface area contributed by atoms with Crippen LogP contribution in [0.25, 0.3) is 11.4 Å². The molecule has 0 atom stereocenters. The van der Waals surface area contributed by atoms with Crippen LogP contribution in [0.15, 0.2) is 30.3 Å². The maximum absolute atomic E-state index is 12.2. The van der Waals surface area contributed by atoms with Crippen LogP contribution in [0.5, 0.6) is 0 Å². The van der Waals surface area contributed by atoms with Gasteiger partial charge < -0.3 is 20.3 Å². The molecule has 0 radical (unpaired) electrons. The molecule has 2 aliphatic rings. The Morgan fingerprint density at radius 2 is 1.74 bits per heavy atom. The van der Waals surface area contributed by atoms with Gasteiger partial charge in [-0.05, 0) is 57.4 Å². The van der Waals surface area contributed by atoms with Crippen molar-refractivity contribution in [2.45, 2.75) is 69.4 Å². The summed E-state index contributed by atoms with van der Waals surface area (Å²) in [4.78, 5) is 24.4. The van der Waals surface area contributed by atoms with Gasteiger partial charge in [-0.2, -0.15) is 0 Å². The van der Waals surface area contributed by atoms with E-state index in [4.69, 9.17) is 14.7 Å². The molecule has 1 aromatic carbocycles. The molecule has 7 nitrogen and oxygen atoms in total. The molecule has 0 bridgehead atoms. The summed E-state index contributed by atoms with van der Waals surface area (Å²) >= 11 is 1.90. The molecule has 34 heavy (non-hydrogen) atoms. The van der Waals surface area contributed by atoms with E-state index in [0.29, 0.717) is 25.1 Å².